The zero-order chi connectivity index (χ0) is 10.0. The topological polar surface area (TPSA) is 81.2 Å². The van der Waals surface area contributed by atoms with Crippen LogP contribution >= 0.6 is 0 Å². The van der Waals surface area contributed by atoms with E-state index in [-0.39, 0.29) is 5.91 Å². The Kier molecular flexibility index (Phi) is 2.25. The fourth-order valence-electron chi connectivity index (χ4n) is 1.46. The van der Waals surface area contributed by atoms with Gasteiger partial charge in [0.05, 0.1) is 18.3 Å². The summed E-state index contributed by atoms with van der Waals surface area (Å²) in [6, 6.07) is 1.71. The molecule has 0 bridgehead atoms. The molecule has 14 heavy (non-hydrogen) atoms. The van der Waals surface area contributed by atoms with Crippen molar-refractivity contribution in [1.29, 1.82) is 0 Å². The van der Waals surface area contributed by atoms with Gasteiger partial charge in [-0.25, -0.2) is 0 Å². The Balaban J connectivity index is 1.84. The van der Waals surface area contributed by atoms with E-state index in [9.17, 15) is 4.79 Å². The van der Waals surface area contributed by atoms with E-state index in [1.807, 2.05) is 0 Å². The summed E-state index contributed by atoms with van der Waals surface area (Å²) >= 11 is 0. The van der Waals surface area contributed by atoms with Gasteiger partial charge < -0.3 is 15.6 Å². The average molecular weight is 195 g/mol. The first-order valence-electron chi connectivity index (χ1n) is 4.67. The number of nitrogens with one attached hydrogen (secondary N) is 1. The van der Waals surface area contributed by atoms with Gasteiger partial charge in [0, 0.05) is 6.07 Å². The first-order chi connectivity index (χ1) is 6.71. The van der Waals surface area contributed by atoms with Crippen molar-refractivity contribution in [2.24, 2.45) is 5.73 Å². The van der Waals surface area contributed by atoms with Crippen LogP contribution in [0.3, 0.4) is 0 Å². The highest BCUT2D eigenvalue weighted by molar-refractivity contribution is 5.86. The molecule has 0 saturated heterocycles. The molecule has 1 fully saturated rings. The van der Waals surface area contributed by atoms with Gasteiger partial charge in [-0.1, -0.05) is 5.16 Å². The average Bonchev–Trinajstić information content (AvgIpc) is 2.62. The maximum Gasteiger partial charge on any atom is 0.240 e. The van der Waals surface area contributed by atoms with Crippen LogP contribution in [0.15, 0.2) is 16.8 Å². The van der Waals surface area contributed by atoms with Crippen LogP contribution in [-0.4, -0.2) is 16.6 Å². The van der Waals surface area contributed by atoms with Crippen LogP contribution in [0.2, 0.25) is 0 Å². The molecule has 1 heterocycles. The summed E-state index contributed by atoms with van der Waals surface area (Å²) in [5, 5.41) is 6.27. The van der Waals surface area contributed by atoms with E-state index >= 15 is 0 Å². The predicted molar refractivity (Wildman–Crippen MR) is 49.1 cm³/mol. The van der Waals surface area contributed by atoms with Crippen molar-refractivity contribution >= 4 is 5.91 Å². The third-order valence-electron chi connectivity index (χ3n) is 2.61. The highest BCUT2D eigenvalue weighted by atomic mass is 16.5. The number of aromatic nitrogens is 1. The van der Waals surface area contributed by atoms with Crippen molar-refractivity contribution in [2.75, 3.05) is 0 Å². The molecule has 1 aromatic heterocycles. The Morgan fingerprint density at radius 2 is 2.50 bits per heavy atom. The first-order valence-corrected chi connectivity index (χ1v) is 4.67. The maximum atomic E-state index is 11.5. The van der Waals surface area contributed by atoms with E-state index < -0.39 is 5.54 Å². The van der Waals surface area contributed by atoms with Crippen LogP contribution in [0.1, 0.15) is 25.0 Å². The van der Waals surface area contributed by atoms with Gasteiger partial charge in [0.2, 0.25) is 5.91 Å². The summed E-state index contributed by atoms with van der Waals surface area (Å²) in [6.45, 7) is 0.359. The molecule has 1 aromatic rings. The summed E-state index contributed by atoms with van der Waals surface area (Å²) in [5.41, 5.74) is 5.19. The van der Waals surface area contributed by atoms with Gasteiger partial charge in [-0.3, -0.25) is 4.79 Å². The van der Waals surface area contributed by atoms with E-state index in [4.69, 9.17) is 10.3 Å². The zero-order valence-electron chi connectivity index (χ0n) is 7.82. The molecule has 1 saturated carbocycles. The summed E-state index contributed by atoms with van der Waals surface area (Å²) < 4.78 is 4.84. The lowest BCUT2D eigenvalue weighted by Gasteiger charge is -2.35. The Labute approximate surface area is 81.6 Å². The van der Waals surface area contributed by atoms with E-state index in [1.165, 1.54) is 0 Å². The van der Waals surface area contributed by atoms with E-state index in [0.717, 1.165) is 19.3 Å². The lowest BCUT2D eigenvalue weighted by Crippen LogP contribution is -2.58. The summed E-state index contributed by atoms with van der Waals surface area (Å²) in [5.74, 6) is 0.543. The van der Waals surface area contributed by atoms with E-state index in [2.05, 4.69) is 10.5 Å². The number of carbonyl (C=O) groups is 1. The SMILES string of the molecule is NC1(C(=O)NCc2ccno2)CCC1. The van der Waals surface area contributed by atoms with E-state index in [1.54, 1.807) is 12.3 Å². The molecule has 2 rings (SSSR count). The van der Waals surface area contributed by atoms with E-state index in [0.29, 0.717) is 12.3 Å². The van der Waals surface area contributed by atoms with Crippen LogP contribution in [0.5, 0.6) is 0 Å². The van der Waals surface area contributed by atoms with Gasteiger partial charge in [-0.05, 0) is 19.3 Å². The Morgan fingerprint density at radius 3 is 3.00 bits per heavy atom. The normalized spacial score (nSPS) is 18.6. The van der Waals surface area contributed by atoms with Gasteiger partial charge in [-0.2, -0.15) is 0 Å². The van der Waals surface area contributed by atoms with Crippen LogP contribution in [0.25, 0.3) is 0 Å². The second-order valence-corrected chi connectivity index (χ2v) is 3.67. The first kappa shape index (κ1) is 9.21. The number of nitrogens with zero attached hydrogens (tertiary/aromatic N) is 1. The molecule has 0 aliphatic heterocycles. The third kappa shape index (κ3) is 1.63. The van der Waals surface area contributed by atoms with Crippen LogP contribution in [-0.2, 0) is 11.3 Å². The molecule has 0 atom stereocenters. The minimum absolute atomic E-state index is 0.0971. The zero-order valence-corrected chi connectivity index (χ0v) is 7.82. The molecule has 0 spiro atoms. The fraction of sp³-hybridized carbons (Fsp3) is 0.556. The molecule has 1 aliphatic rings. The van der Waals surface area contributed by atoms with Crippen LogP contribution in [0, 0.1) is 0 Å². The minimum Gasteiger partial charge on any atom is -0.360 e. The molecule has 0 radical (unpaired) electrons. The molecular formula is C9H13N3O2. The number of amides is 1. The standard InChI is InChI=1S/C9H13N3O2/c10-9(3-1-4-9)8(13)11-6-7-2-5-12-14-7/h2,5H,1,3-4,6,10H2,(H,11,13). The van der Waals surface area contributed by atoms with Crippen LogP contribution in [0.4, 0.5) is 0 Å². The third-order valence-corrected chi connectivity index (χ3v) is 2.61. The quantitative estimate of drug-likeness (QED) is 0.720. The summed E-state index contributed by atoms with van der Waals surface area (Å²) in [4.78, 5) is 11.5. The number of nitrogens with two attached hydrogens (primary N) is 1. The molecule has 76 valence electrons. The molecule has 1 aliphatic carbocycles. The van der Waals surface area contributed by atoms with Crippen LogP contribution < -0.4 is 11.1 Å². The van der Waals surface area contributed by atoms with Crippen molar-refractivity contribution in [3.8, 4) is 0 Å². The number of carbonyl (C=O) groups excluding carboxylic acids is 1. The summed E-state index contributed by atoms with van der Waals surface area (Å²) in [6.07, 6.45) is 4.12. The molecule has 3 N–H and O–H groups in total. The van der Waals surface area contributed by atoms with Crippen molar-refractivity contribution in [2.45, 2.75) is 31.3 Å². The van der Waals surface area contributed by atoms with Crippen molar-refractivity contribution in [3.05, 3.63) is 18.0 Å². The van der Waals surface area contributed by atoms with Crippen molar-refractivity contribution < 1.29 is 9.32 Å². The highest BCUT2D eigenvalue weighted by Gasteiger charge is 2.39. The molecule has 0 aromatic carbocycles. The Morgan fingerprint density at radius 1 is 1.71 bits per heavy atom. The molecular weight excluding hydrogens is 182 g/mol. The van der Waals surface area contributed by atoms with Crippen molar-refractivity contribution in [1.82, 2.24) is 10.5 Å². The lowest BCUT2D eigenvalue weighted by molar-refractivity contribution is -0.129. The number of hydrogen-bond donors (Lipinski definition) is 2. The number of hydrogen-bond acceptors (Lipinski definition) is 4. The molecule has 1 amide bonds. The monoisotopic (exact) mass is 195 g/mol. The smallest absolute Gasteiger partial charge is 0.240 e. The van der Waals surface area contributed by atoms with Gasteiger partial charge in [0.25, 0.3) is 0 Å². The summed E-state index contributed by atoms with van der Waals surface area (Å²) in [7, 11) is 0. The predicted octanol–water partition coefficient (Wildman–Crippen LogP) is 0.172. The second-order valence-electron chi connectivity index (χ2n) is 3.67. The largest absolute Gasteiger partial charge is 0.360 e. The maximum absolute atomic E-state index is 11.5. The minimum atomic E-state index is -0.639. The van der Waals surface area contributed by atoms with Gasteiger partial charge >= 0.3 is 0 Å². The van der Waals surface area contributed by atoms with Crippen molar-refractivity contribution in [3.63, 3.8) is 0 Å². The Bertz CT molecular complexity index is 317. The highest BCUT2D eigenvalue weighted by Crippen LogP contribution is 2.29. The van der Waals surface area contributed by atoms with Gasteiger partial charge in [0.1, 0.15) is 0 Å². The second kappa shape index (κ2) is 3.42. The molecule has 5 heteroatoms. The molecule has 0 unspecified atom stereocenters. The number of rotatable bonds is 3. The fourth-order valence-corrected chi connectivity index (χ4v) is 1.46. The molecule has 5 nitrogen and oxygen atoms in total. The lowest BCUT2D eigenvalue weighted by atomic mass is 9.77. The van der Waals surface area contributed by atoms with Gasteiger partial charge in [0.15, 0.2) is 5.76 Å². The van der Waals surface area contributed by atoms with Gasteiger partial charge in [-0.15, -0.1) is 0 Å². The Hall–Kier alpha value is -1.36.